The van der Waals surface area contributed by atoms with Crippen molar-refractivity contribution < 1.29 is 0 Å². The third kappa shape index (κ3) is 2.26. The first kappa shape index (κ1) is 11.2. The molecule has 1 aromatic rings. The molecular formula is C12H20N4. The molecule has 0 spiro atoms. The maximum atomic E-state index is 5.68. The van der Waals surface area contributed by atoms with Gasteiger partial charge in [0.1, 0.15) is 18.0 Å². The molecule has 0 amide bonds. The van der Waals surface area contributed by atoms with Gasteiger partial charge in [-0.3, -0.25) is 0 Å². The Bertz CT molecular complexity index is 353. The van der Waals surface area contributed by atoms with E-state index < -0.39 is 0 Å². The molecule has 1 aliphatic rings. The Labute approximate surface area is 96.9 Å². The van der Waals surface area contributed by atoms with E-state index in [-0.39, 0.29) is 0 Å². The number of anilines is 2. The van der Waals surface area contributed by atoms with Crippen molar-refractivity contribution in [1.29, 1.82) is 0 Å². The molecular weight excluding hydrogens is 200 g/mol. The van der Waals surface area contributed by atoms with Crippen LogP contribution in [0, 0.1) is 5.92 Å². The van der Waals surface area contributed by atoms with Crippen molar-refractivity contribution in [2.45, 2.75) is 38.6 Å². The molecule has 0 aromatic carbocycles. The fourth-order valence-electron chi connectivity index (χ4n) is 2.60. The van der Waals surface area contributed by atoms with Gasteiger partial charge in [0.15, 0.2) is 0 Å². The summed E-state index contributed by atoms with van der Waals surface area (Å²) in [5, 5.41) is 0. The number of rotatable bonds is 2. The van der Waals surface area contributed by atoms with E-state index in [1.807, 2.05) is 6.07 Å². The molecule has 1 aromatic heterocycles. The van der Waals surface area contributed by atoms with Crippen LogP contribution in [-0.2, 0) is 0 Å². The Balaban J connectivity index is 2.14. The second-order valence-corrected chi connectivity index (χ2v) is 4.74. The van der Waals surface area contributed by atoms with Crippen molar-refractivity contribution in [2.75, 3.05) is 17.7 Å². The molecule has 1 fully saturated rings. The van der Waals surface area contributed by atoms with Gasteiger partial charge in [0.25, 0.3) is 0 Å². The monoisotopic (exact) mass is 220 g/mol. The first-order chi connectivity index (χ1) is 7.68. The molecule has 1 saturated carbocycles. The number of hydrogen-bond donors (Lipinski definition) is 1. The van der Waals surface area contributed by atoms with Crippen molar-refractivity contribution in [3.63, 3.8) is 0 Å². The predicted octanol–water partition coefficient (Wildman–Crippen LogP) is 2.07. The summed E-state index contributed by atoms with van der Waals surface area (Å²) in [6.45, 7) is 2.32. The third-order valence-electron chi connectivity index (χ3n) is 3.60. The normalized spacial score (nSPS) is 25.4. The molecule has 4 nitrogen and oxygen atoms in total. The molecule has 0 aliphatic heterocycles. The van der Waals surface area contributed by atoms with Crippen molar-refractivity contribution in [1.82, 2.24) is 9.97 Å². The highest BCUT2D eigenvalue weighted by atomic mass is 15.2. The molecule has 0 saturated heterocycles. The van der Waals surface area contributed by atoms with Crippen LogP contribution < -0.4 is 10.6 Å². The number of hydrogen-bond acceptors (Lipinski definition) is 4. The summed E-state index contributed by atoms with van der Waals surface area (Å²) < 4.78 is 0. The van der Waals surface area contributed by atoms with E-state index in [0.717, 1.165) is 11.7 Å². The highest BCUT2D eigenvalue weighted by Crippen LogP contribution is 2.29. The molecule has 1 aliphatic carbocycles. The van der Waals surface area contributed by atoms with Gasteiger partial charge in [0.2, 0.25) is 0 Å². The van der Waals surface area contributed by atoms with Gasteiger partial charge in [-0.1, -0.05) is 19.8 Å². The second-order valence-electron chi connectivity index (χ2n) is 4.74. The van der Waals surface area contributed by atoms with Crippen molar-refractivity contribution in [3.05, 3.63) is 12.4 Å². The summed E-state index contributed by atoms with van der Waals surface area (Å²) in [4.78, 5) is 10.5. The lowest BCUT2D eigenvalue weighted by Crippen LogP contribution is -2.39. The first-order valence-corrected chi connectivity index (χ1v) is 5.99. The standard InChI is InChI=1S/C12H20N4/c1-9-5-3-4-6-10(9)16(2)12-7-11(13)14-8-15-12/h7-10H,3-6H2,1-2H3,(H2,13,14,15). The van der Waals surface area contributed by atoms with E-state index >= 15 is 0 Å². The van der Waals surface area contributed by atoms with Gasteiger partial charge < -0.3 is 10.6 Å². The lowest BCUT2D eigenvalue weighted by Gasteiger charge is -2.36. The maximum Gasteiger partial charge on any atom is 0.134 e. The quantitative estimate of drug-likeness (QED) is 0.829. The van der Waals surface area contributed by atoms with Crippen LogP contribution in [0.5, 0.6) is 0 Å². The topological polar surface area (TPSA) is 55.0 Å². The van der Waals surface area contributed by atoms with Crippen molar-refractivity contribution >= 4 is 11.6 Å². The number of nitrogen functional groups attached to an aromatic ring is 1. The van der Waals surface area contributed by atoms with E-state index in [9.17, 15) is 0 Å². The molecule has 2 N–H and O–H groups in total. The predicted molar refractivity (Wildman–Crippen MR) is 66.3 cm³/mol. The summed E-state index contributed by atoms with van der Waals surface area (Å²) in [6.07, 6.45) is 6.78. The first-order valence-electron chi connectivity index (χ1n) is 5.99. The summed E-state index contributed by atoms with van der Waals surface area (Å²) in [5.41, 5.74) is 5.68. The van der Waals surface area contributed by atoms with Crippen LogP contribution in [0.25, 0.3) is 0 Å². The minimum atomic E-state index is 0.542. The Hall–Kier alpha value is -1.32. The van der Waals surface area contributed by atoms with Crippen LogP contribution in [0.4, 0.5) is 11.6 Å². The molecule has 0 bridgehead atoms. The molecule has 2 atom stereocenters. The van der Waals surface area contributed by atoms with Crippen molar-refractivity contribution in [2.24, 2.45) is 5.92 Å². The second kappa shape index (κ2) is 4.68. The van der Waals surface area contributed by atoms with Gasteiger partial charge in [0, 0.05) is 19.2 Å². The van der Waals surface area contributed by atoms with Gasteiger partial charge in [-0.15, -0.1) is 0 Å². The molecule has 0 radical (unpaired) electrons. The molecule has 1 heterocycles. The SMILES string of the molecule is CC1CCCCC1N(C)c1cc(N)ncn1. The van der Waals surface area contributed by atoms with Crippen LogP contribution in [-0.4, -0.2) is 23.1 Å². The average Bonchev–Trinajstić information content (AvgIpc) is 2.29. The van der Waals surface area contributed by atoms with E-state index in [1.165, 1.54) is 32.0 Å². The Kier molecular flexibility index (Phi) is 3.27. The summed E-state index contributed by atoms with van der Waals surface area (Å²) >= 11 is 0. The molecule has 2 unspecified atom stereocenters. The van der Waals surface area contributed by atoms with Crippen LogP contribution in [0.1, 0.15) is 32.6 Å². The van der Waals surface area contributed by atoms with Crippen LogP contribution in [0.3, 0.4) is 0 Å². The highest BCUT2D eigenvalue weighted by Gasteiger charge is 2.25. The van der Waals surface area contributed by atoms with E-state index in [2.05, 4.69) is 28.8 Å². The molecule has 88 valence electrons. The zero-order valence-electron chi connectivity index (χ0n) is 10.1. The zero-order chi connectivity index (χ0) is 11.5. The number of aromatic nitrogens is 2. The van der Waals surface area contributed by atoms with E-state index in [4.69, 9.17) is 5.73 Å². The minimum Gasteiger partial charge on any atom is -0.384 e. The Morgan fingerprint density at radius 3 is 2.75 bits per heavy atom. The van der Waals surface area contributed by atoms with Gasteiger partial charge in [-0.25, -0.2) is 9.97 Å². The van der Waals surface area contributed by atoms with E-state index in [0.29, 0.717) is 11.9 Å². The summed E-state index contributed by atoms with van der Waals surface area (Å²) in [7, 11) is 2.11. The average molecular weight is 220 g/mol. The van der Waals surface area contributed by atoms with Gasteiger partial charge >= 0.3 is 0 Å². The number of nitrogens with zero attached hydrogens (tertiary/aromatic N) is 3. The van der Waals surface area contributed by atoms with Gasteiger partial charge in [0.05, 0.1) is 0 Å². The fraction of sp³-hybridized carbons (Fsp3) is 0.667. The largest absolute Gasteiger partial charge is 0.384 e. The zero-order valence-corrected chi connectivity index (χ0v) is 10.1. The van der Waals surface area contributed by atoms with Crippen molar-refractivity contribution in [3.8, 4) is 0 Å². The van der Waals surface area contributed by atoms with Crippen LogP contribution in [0.15, 0.2) is 12.4 Å². The maximum absolute atomic E-state index is 5.68. The molecule has 16 heavy (non-hydrogen) atoms. The number of nitrogens with two attached hydrogens (primary N) is 1. The Morgan fingerprint density at radius 2 is 2.06 bits per heavy atom. The van der Waals surface area contributed by atoms with Crippen LogP contribution >= 0.6 is 0 Å². The summed E-state index contributed by atoms with van der Waals surface area (Å²) in [5.74, 6) is 2.21. The summed E-state index contributed by atoms with van der Waals surface area (Å²) in [6, 6.07) is 2.43. The minimum absolute atomic E-state index is 0.542. The van der Waals surface area contributed by atoms with Gasteiger partial charge in [-0.2, -0.15) is 0 Å². The van der Waals surface area contributed by atoms with Crippen LogP contribution in [0.2, 0.25) is 0 Å². The molecule has 4 heteroatoms. The third-order valence-corrected chi connectivity index (χ3v) is 3.60. The van der Waals surface area contributed by atoms with Gasteiger partial charge in [-0.05, 0) is 18.8 Å². The lowest BCUT2D eigenvalue weighted by atomic mass is 9.85. The van der Waals surface area contributed by atoms with E-state index in [1.54, 1.807) is 0 Å². The lowest BCUT2D eigenvalue weighted by molar-refractivity contribution is 0.320. The molecule has 2 rings (SSSR count). The Morgan fingerprint density at radius 1 is 1.31 bits per heavy atom. The smallest absolute Gasteiger partial charge is 0.134 e. The fourth-order valence-corrected chi connectivity index (χ4v) is 2.60. The highest BCUT2D eigenvalue weighted by molar-refractivity contribution is 5.46.